The van der Waals surface area contributed by atoms with E-state index in [4.69, 9.17) is 4.74 Å². The molecule has 1 fully saturated rings. The van der Waals surface area contributed by atoms with Crippen molar-refractivity contribution >= 4 is 17.7 Å². The second-order valence-corrected chi connectivity index (χ2v) is 6.58. The van der Waals surface area contributed by atoms with Gasteiger partial charge < -0.3 is 14.2 Å². The summed E-state index contributed by atoms with van der Waals surface area (Å²) in [6.45, 7) is 3.99. The summed E-state index contributed by atoms with van der Waals surface area (Å²) in [5.74, 6) is 3.09. The summed E-state index contributed by atoms with van der Waals surface area (Å²) in [5.41, 5.74) is 0. The first-order chi connectivity index (χ1) is 9.72. The number of thioether (sulfide) groups is 1. The molecular formula is C13H20N4O2S. The van der Waals surface area contributed by atoms with Crippen molar-refractivity contribution < 1.29 is 9.53 Å². The van der Waals surface area contributed by atoms with Crippen LogP contribution < -0.4 is 0 Å². The molecule has 3 rings (SSSR count). The predicted octanol–water partition coefficient (Wildman–Crippen LogP) is 1.22. The van der Waals surface area contributed by atoms with Crippen molar-refractivity contribution in [2.45, 2.75) is 44.2 Å². The molecule has 1 aromatic heterocycles. The number of carbonyl (C=O) groups is 1. The summed E-state index contributed by atoms with van der Waals surface area (Å²) in [6.07, 6.45) is 2.16. The van der Waals surface area contributed by atoms with Gasteiger partial charge in [-0.3, -0.25) is 4.79 Å². The molecule has 7 heteroatoms. The highest BCUT2D eigenvalue weighted by atomic mass is 32.2. The fourth-order valence-corrected chi connectivity index (χ4v) is 4.17. The van der Waals surface area contributed by atoms with Crippen molar-refractivity contribution in [2.24, 2.45) is 0 Å². The van der Waals surface area contributed by atoms with Gasteiger partial charge in [-0.2, -0.15) is 0 Å². The number of nitrogens with zero attached hydrogens (tertiary/aromatic N) is 4. The number of hydrogen-bond acceptors (Lipinski definition) is 5. The quantitative estimate of drug-likeness (QED) is 0.839. The number of ether oxygens (including phenoxy) is 1. The Kier molecular flexibility index (Phi) is 3.98. The van der Waals surface area contributed by atoms with Gasteiger partial charge in [0, 0.05) is 20.2 Å². The Morgan fingerprint density at radius 3 is 3.00 bits per heavy atom. The van der Waals surface area contributed by atoms with Crippen molar-refractivity contribution in [1.82, 2.24) is 19.7 Å². The van der Waals surface area contributed by atoms with Crippen LogP contribution in [0.2, 0.25) is 0 Å². The van der Waals surface area contributed by atoms with Gasteiger partial charge in [-0.25, -0.2) is 0 Å². The minimum absolute atomic E-state index is 0.00411. The number of fused-ring (bicyclic) bond motifs is 1. The van der Waals surface area contributed by atoms with Crippen LogP contribution in [0.25, 0.3) is 0 Å². The lowest BCUT2D eigenvalue weighted by Crippen LogP contribution is -2.44. The van der Waals surface area contributed by atoms with E-state index in [-0.39, 0.29) is 17.2 Å². The second kappa shape index (κ2) is 5.73. The van der Waals surface area contributed by atoms with Crippen LogP contribution in [-0.4, -0.2) is 50.2 Å². The SMILES string of the molecule is COCc1nnc2n1CCN(C(=O)C1CCCS1)C2C. The van der Waals surface area contributed by atoms with Gasteiger partial charge in [0.05, 0.1) is 11.3 Å². The molecule has 0 N–H and O–H groups in total. The van der Waals surface area contributed by atoms with E-state index in [2.05, 4.69) is 14.8 Å². The number of aromatic nitrogens is 3. The summed E-state index contributed by atoms with van der Waals surface area (Å²) < 4.78 is 7.22. The fraction of sp³-hybridized carbons (Fsp3) is 0.769. The molecular weight excluding hydrogens is 276 g/mol. The summed E-state index contributed by atoms with van der Waals surface area (Å²) in [5, 5.41) is 8.57. The summed E-state index contributed by atoms with van der Waals surface area (Å²) in [6, 6.07) is -0.00411. The molecule has 1 aromatic rings. The lowest BCUT2D eigenvalue weighted by atomic mass is 10.1. The van der Waals surface area contributed by atoms with E-state index in [0.717, 1.165) is 43.3 Å². The molecule has 0 bridgehead atoms. The number of hydrogen-bond donors (Lipinski definition) is 0. The fourth-order valence-electron chi connectivity index (χ4n) is 2.94. The van der Waals surface area contributed by atoms with Crippen molar-refractivity contribution in [3.8, 4) is 0 Å². The molecule has 2 unspecified atom stereocenters. The van der Waals surface area contributed by atoms with E-state index < -0.39 is 0 Å². The van der Waals surface area contributed by atoms with Gasteiger partial charge in [0.1, 0.15) is 6.61 Å². The van der Waals surface area contributed by atoms with Gasteiger partial charge in [-0.05, 0) is 25.5 Å². The molecule has 0 aliphatic carbocycles. The van der Waals surface area contributed by atoms with E-state index in [1.165, 1.54) is 0 Å². The normalized spacial score (nSPS) is 25.8. The van der Waals surface area contributed by atoms with Crippen LogP contribution in [0, 0.1) is 0 Å². The predicted molar refractivity (Wildman–Crippen MR) is 76.3 cm³/mol. The van der Waals surface area contributed by atoms with Crippen LogP contribution >= 0.6 is 11.8 Å². The Morgan fingerprint density at radius 2 is 2.30 bits per heavy atom. The molecule has 2 aliphatic rings. The smallest absolute Gasteiger partial charge is 0.236 e. The zero-order valence-electron chi connectivity index (χ0n) is 11.9. The zero-order chi connectivity index (χ0) is 14.1. The summed E-state index contributed by atoms with van der Waals surface area (Å²) >= 11 is 1.79. The minimum atomic E-state index is -0.00411. The lowest BCUT2D eigenvalue weighted by molar-refractivity contribution is -0.134. The first-order valence-corrected chi connectivity index (χ1v) is 8.10. The molecule has 0 aromatic carbocycles. The molecule has 3 heterocycles. The molecule has 1 amide bonds. The molecule has 0 spiro atoms. The largest absolute Gasteiger partial charge is 0.377 e. The third-order valence-electron chi connectivity index (χ3n) is 4.02. The van der Waals surface area contributed by atoms with Crippen LogP contribution in [0.15, 0.2) is 0 Å². The number of amides is 1. The molecule has 20 heavy (non-hydrogen) atoms. The topological polar surface area (TPSA) is 60.3 Å². The molecule has 110 valence electrons. The van der Waals surface area contributed by atoms with Gasteiger partial charge in [0.2, 0.25) is 5.91 Å². The average molecular weight is 296 g/mol. The molecule has 2 atom stereocenters. The van der Waals surface area contributed by atoms with Gasteiger partial charge in [-0.15, -0.1) is 22.0 Å². The van der Waals surface area contributed by atoms with Crippen molar-refractivity contribution in [2.75, 3.05) is 19.4 Å². The van der Waals surface area contributed by atoms with Crippen LogP contribution in [0.1, 0.15) is 37.5 Å². The number of rotatable bonds is 3. The van der Waals surface area contributed by atoms with Crippen molar-refractivity contribution in [3.63, 3.8) is 0 Å². The third-order valence-corrected chi connectivity index (χ3v) is 5.39. The van der Waals surface area contributed by atoms with Crippen molar-refractivity contribution in [1.29, 1.82) is 0 Å². The van der Waals surface area contributed by atoms with Gasteiger partial charge in [0.25, 0.3) is 0 Å². The van der Waals surface area contributed by atoms with Gasteiger partial charge >= 0.3 is 0 Å². The van der Waals surface area contributed by atoms with E-state index in [9.17, 15) is 4.79 Å². The molecule has 6 nitrogen and oxygen atoms in total. The highest BCUT2D eigenvalue weighted by Gasteiger charge is 2.35. The Morgan fingerprint density at radius 1 is 1.45 bits per heavy atom. The van der Waals surface area contributed by atoms with Gasteiger partial charge in [-0.1, -0.05) is 0 Å². The average Bonchev–Trinajstić information content (AvgIpc) is 3.09. The number of methoxy groups -OCH3 is 1. The van der Waals surface area contributed by atoms with E-state index in [1.807, 2.05) is 11.8 Å². The van der Waals surface area contributed by atoms with E-state index in [1.54, 1.807) is 18.9 Å². The summed E-state index contributed by atoms with van der Waals surface area (Å²) in [7, 11) is 1.65. The molecule has 0 radical (unpaired) electrons. The van der Waals surface area contributed by atoms with Crippen LogP contribution in [0.3, 0.4) is 0 Å². The lowest BCUT2D eigenvalue weighted by Gasteiger charge is -2.35. The highest BCUT2D eigenvalue weighted by molar-refractivity contribution is 8.00. The molecule has 1 saturated heterocycles. The van der Waals surface area contributed by atoms with Crippen LogP contribution in [-0.2, 0) is 22.7 Å². The highest BCUT2D eigenvalue weighted by Crippen LogP contribution is 2.32. The maximum atomic E-state index is 12.6. The van der Waals surface area contributed by atoms with Crippen molar-refractivity contribution in [3.05, 3.63) is 11.6 Å². The zero-order valence-corrected chi connectivity index (χ0v) is 12.7. The standard InChI is InChI=1S/C13H20N4O2S/c1-9-12-15-14-11(8-19-2)17(12)6-5-16(9)13(18)10-4-3-7-20-10/h9-10H,3-8H2,1-2H3. The maximum absolute atomic E-state index is 12.6. The Labute approximate surface area is 122 Å². The first-order valence-electron chi connectivity index (χ1n) is 7.05. The molecule has 2 aliphatic heterocycles. The van der Waals surface area contributed by atoms with Gasteiger partial charge in [0.15, 0.2) is 11.6 Å². The monoisotopic (exact) mass is 296 g/mol. The van der Waals surface area contributed by atoms with E-state index >= 15 is 0 Å². The Balaban J connectivity index is 1.78. The van der Waals surface area contributed by atoms with E-state index in [0.29, 0.717) is 6.61 Å². The Bertz CT molecular complexity index is 499. The summed E-state index contributed by atoms with van der Waals surface area (Å²) in [4.78, 5) is 14.5. The second-order valence-electron chi connectivity index (χ2n) is 5.27. The molecule has 0 saturated carbocycles. The van der Waals surface area contributed by atoms with Crippen LogP contribution in [0.5, 0.6) is 0 Å². The minimum Gasteiger partial charge on any atom is -0.377 e. The maximum Gasteiger partial charge on any atom is 0.236 e. The third kappa shape index (κ3) is 2.33. The first kappa shape index (κ1) is 13.9. The number of carbonyl (C=O) groups excluding carboxylic acids is 1. The van der Waals surface area contributed by atoms with Crippen LogP contribution in [0.4, 0.5) is 0 Å². The Hall–Kier alpha value is -1.08.